The Balaban J connectivity index is 1.81. The molecule has 6 nitrogen and oxygen atoms in total. The normalized spacial score (nSPS) is 22.7. The predicted octanol–water partition coefficient (Wildman–Crippen LogP) is 3.12. The molecule has 148 valence electrons. The van der Waals surface area contributed by atoms with E-state index >= 15 is 0 Å². The largest absolute Gasteiger partial charge is 0.288 e. The lowest BCUT2D eigenvalue weighted by atomic mass is 10.0. The van der Waals surface area contributed by atoms with Gasteiger partial charge in [0.25, 0.3) is 0 Å². The fourth-order valence-electron chi connectivity index (χ4n) is 3.53. The van der Waals surface area contributed by atoms with E-state index < -0.39 is 37.2 Å². The molecule has 0 spiro atoms. The van der Waals surface area contributed by atoms with E-state index in [-0.39, 0.29) is 30.7 Å². The minimum atomic E-state index is -3.98. The third-order valence-corrected chi connectivity index (χ3v) is 8.74. The number of rotatable bonds is 3. The molecule has 29 heavy (non-hydrogen) atoms. The maximum atomic E-state index is 12.8. The van der Waals surface area contributed by atoms with Gasteiger partial charge in [0.05, 0.1) is 9.79 Å². The first kappa shape index (κ1) is 19.5. The second-order valence-corrected chi connectivity index (χ2v) is 10.6. The molecule has 2 aromatic carbocycles. The average molecular weight is 428 g/mol. The Bertz CT molecular complexity index is 1240. The zero-order valence-corrected chi connectivity index (χ0v) is 17.0. The summed E-state index contributed by atoms with van der Waals surface area (Å²) >= 11 is 0. The lowest BCUT2D eigenvalue weighted by Gasteiger charge is -2.07. The van der Waals surface area contributed by atoms with Gasteiger partial charge in [0, 0.05) is 11.1 Å². The summed E-state index contributed by atoms with van der Waals surface area (Å²) in [6.07, 6.45) is 2.80. The lowest BCUT2D eigenvalue weighted by molar-refractivity contribution is 0.103. The maximum absolute atomic E-state index is 12.8. The van der Waals surface area contributed by atoms with Crippen molar-refractivity contribution in [2.24, 2.45) is 5.92 Å². The molecule has 4 rings (SSSR count). The van der Waals surface area contributed by atoms with Crippen LogP contribution in [0.2, 0.25) is 0 Å². The minimum Gasteiger partial charge on any atom is -0.288 e. The highest BCUT2D eigenvalue weighted by atomic mass is 32.2. The number of benzene rings is 2. The summed E-state index contributed by atoms with van der Waals surface area (Å²) in [6.45, 7) is 1.72. The molecule has 0 saturated heterocycles. The van der Waals surface area contributed by atoms with Crippen LogP contribution in [0.4, 0.5) is 0 Å². The number of hydrogen-bond donors (Lipinski definition) is 0. The van der Waals surface area contributed by atoms with Crippen LogP contribution in [0.1, 0.15) is 34.1 Å². The van der Waals surface area contributed by atoms with Crippen LogP contribution in [0, 0.1) is 5.92 Å². The molecule has 0 aliphatic carbocycles. The van der Waals surface area contributed by atoms with E-state index in [1.807, 2.05) is 0 Å². The van der Waals surface area contributed by atoms with Gasteiger partial charge in [-0.05, 0) is 36.6 Å². The SMILES string of the molecule is CCC(C=C1C(=O)c2ccccc2S1(=O)=O)C=C1C(=O)c2ccccc2S1(=O)=O. The smallest absolute Gasteiger partial charge is 0.210 e. The van der Waals surface area contributed by atoms with E-state index in [0.717, 1.165) is 0 Å². The highest BCUT2D eigenvalue weighted by molar-refractivity contribution is 7.97. The van der Waals surface area contributed by atoms with Crippen molar-refractivity contribution in [2.45, 2.75) is 23.1 Å². The van der Waals surface area contributed by atoms with E-state index in [1.165, 1.54) is 48.6 Å². The molecule has 0 radical (unpaired) electrons. The third-order valence-electron chi connectivity index (χ3n) is 5.07. The molecule has 2 aromatic rings. The van der Waals surface area contributed by atoms with Gasteiger partial charge in [-0.1, -0.05) is 43.3 Å². The number of hydrogen-bond acceptors (Lipinski definition) is 6. The van der Waals surface area contributed by atoms with Gasteiger partial charge in [0.2, 0.25) is 31.2 Å². The van der Waals surface area contributed by atoms with Crippen molar-refractivity contribution < 1.29 is 26.4 Å². The summed E-state index contributed by atoms with van der Waals surface area (Å²) < 4.78 is 51.0. The molecule has 0 bridgehead atoms. The van der Waals surface area contributed by atoms with Crippen LogP contribution in [-0.4, -0.2) is 28.4 Å². The fourth-order valence-corrected chi connectivity index (χ4v) is 6.83. The fraction of sp³-hybridized carbons (Fsp3) is 0.143. The third kappa shape index (κ3) is 2.82. The van der Waals surface area contributed by atoms with Crippen LogP contribution in [0.5, 0.6) is 0 Å². The first-order valence-electron chi connectivity index (χ1n) is 8.91. The molecule has 0 N–H and O–H groups in total. The summed E-state index contributed by atoms with van der Waals surface area (Å²) in [7, 11) is -7.96. The topological polar surface area (TPSA) is 102 Å². The molecular formula is C21H16O6S2. The van der Waals surface area contributed by atoms with Crippen molar-refractivity contribution in [3.05, 3.63) is 81.6 Å². The summed E-state index contributed by atoms with van der Waals surface area (Å²) in [5, 5.41) is 0. The maximum Gasteiger partial charge on any atom is 0.210 e. The molecule has 2 heterocycles. The summed E-state index contributed by atoms with van der Waals surface area (Å²) in [4.78, 5) is 24.3. The number of allylic oxidation sites excluding steroid dienone is 4. The molecule has 0 atom stereocenters. The Morgan fingerprint density at radius 1 is 0.724 bits per heavy atom. The number of carbonyl (C=O) groups excluding carboxylic acids is 2. The van der Waals surface area contributed by atoms with Gasteiger partial charge in [-0.15, -0.1) is 0 Å². The molecule has 0 aromatic heterocycles. The van der Waals surface area contributed by atoms with E-state index in [1.54, 1.807) is 19.1 Å². The van der Waals surface area contributed by atoms with Gasteiger partial charge in [0.15, 0.2) is 0 Å². The van der Waals surface area contributed by atoms with Gasteiger partial charge in [-0.25, -0.2) is 16.8 Å². The highest BCUT2D eigenvalue weighted by Crippen LogP contribution is 2.37. The Kier molecular flexibility index (Phi) is 4.43. The van der Waals surface area contributed by atoms with Crippen LogP contribution < -0.4 is 0 Å². The van der Waals surface area contributed by atoms with Crippen LogP contribution in [-0.2, 0) is 19.7 Å². The number of Topliss-reactive ketones (excluding diaryl/α,β-unsaturated/α-hetero) is 2. The van der Waals surface area contributed by atoms with Gasteiger partial charge in [-0.3, -0.25) is 9.59 Å². The van der Waals surface area contributed by atoms with Crippen molar-refractivity contribution >= 4 is 31.2 Å². The van der Waals surface area contributed by atoms with Crippen molar-refractivity contribution in [3.63, 3.8) is 0 Å². The van der Waals surface area contributed by atoms with Crippen molar-refractivity contribution in [1.82, 2.24) is 0 Å². The second-order valence-electron chi connectivity index (χ2n) is 6.79. The first-order chi connectivity index (χ1) is 13.7. The van der Waals surface area contributed by atoms with Gasteiger partial charge < -0.3 is 0 Å². The van der Waals surface area contributed by atoms with Crippen LogP contribution in [0.3, 0.4) is 0 Å². The van der Waals surface area contributed by atoms with Gasteiger partial charge in [-0.2, -0.15) is 0 Å². The zero-order valence-electron chi connectivity index (χ0n) is 15.3. The Labute approximate surface area is 168 Å². The molecule has 0 unspecified atom stereocenters. The quantitative estimate of drug-likeness (QED) is 0.696. The molecule has 0 amide bonds. The highest BCUT2D eigenvalue weighted by Gasteiger charge is 2.41. The summed E-state index contributed by atoms with van der Waals surface area (Å²) in [5.74, 6) is -1.97. The number of ketones is 2. The molecule has 2 aliphatic heterocycles. The van der Waals surface area contributed by atoms with E-state index in [0.29, 0.717) is 6.42 Å². The molecule has 0 saturated carbocycles. The van der Waals surface area contributed by atoms with E-state index in [4.69, 9.17) is 0 Å². The molecular weight excluding hydrogens is 412 g/mol. The molecule has 8 heteroatoms. The van der Waals surface area contributed by atoms with Gasteiger partial charge >= 0.3 is 0 Å². The molecule has 0 fully saturated rings. The Hall–Kier alpha value is -2.84. The van der Waals surface area contributed by atoms with E-state index in [9.17, 15) is 26.4 Å². The average Bonchev–Trinajstić information content (AvgIpc) is 3.02. The minimum absolute atomic E-state index is 0.0595. The van der Waals surface area contributed by atoms with Crippen molar-refractivity contribution in [3.8, 4) is 0 Å². The monoisotopic (exact) mass is 428 g/mol. The lowest BCUT2D eigenvalue weighted by Crippen LogP contribution is -2.08. The number of sulfone groups is 2. The number of fused-ring (bicyclic) bond motifs is 2. The summed E-state index contributed by atoms with van der Waals surface area (Å²) in [5.41, 5.74) is 0.191. The second kappa shape index (κ2) is 6.60. The first-order valence-corrected chi connectivity index (χ1v) is 11.9. The zero-order chi connectivity index (χ0) is 21.0. The molecule has 2 aliphatic rings. The number of carbonyl (C=O) groups is 2. The predicted molar refractivity (Wildman–Crippen MR) is 106 cm³/mol. The Morgan fingerprint density at radius 2 is 1.10 bits per heavy atom. The van der Waals surface area contributed by atoms with Crippen LogP contribution in [0.25, 0.3) is 0 Å². The van der Waals surface area contributed by atoms with Gasteiger partial charge in [0.1, 0.15) is 9.81 Å². The van der Waals surface area contributed by atoms with E-state index in [2.05, 4.69) is 0 Å². The van der Waals surface area contributed by atoms with Crippen molar-refractivity contribution in [2.75, 3.05) is 0 Å². The van der Waals surface area contributed by atoms with Crippen molar-refractivity contribution in [1.29, 1.82) is 0 Å². The van der Waals surface area contributed by atoms with Crippen LogP contribution in [0.15, 0.2) is 80.3 Å². The Morgan fingerprint density at radius 3 is 1.45 bits per heavy atom. The summed E-state index contributed by atoms with van der Waals surface area (Å²) in [6, 6.07) is 11.8. The van der Waals surface area contributed by atoms with Crippen LogP contribution >= 0.6 is 0 Å². The standard InChI is InChI=1S/C21H16O6S2/c1-2-13(11-18-20(22)14-7-3-5-9-16(14)28(18,24)25)12-19-21(23)15-8-4-6-10-17(15)29(19,26)27/h3-13H,2H2,1H3.